The minimum Gasteiger partial charge on any atom is -0.493 e. The van der Waals surface area contributed by atoms with Crippen molar-refractivity contribution in [1.82, 2.24) is 4.98 Å². The van der Waals surface area contributed by atoms with Crippen molar-refractivity contribution in [3.63, 3.8) is 0 Å². The van der Waals surface area contributed by atoms with Crippen LogP contribution in [0.15, 0.2) is 29.6 Å². The van der Waals surface area contributed by atoms with Crippen LogP contribution in [0.2, 0.25) is 5.02 Å². The second kappa shape index (κ2) is 6.13. The van der Waals surface area contributed by atoms with E-state index in [-0.39, 0.29) is 0 Å². The van der Waals surface area contributed by atoms with E-state index in [1.165, 1.54) is 11.3 Å². The summed E-state index contributed by atoms with van der Waals surface area (Å²) in [5.74, 6) is 0.797. The van der Waals surface area contributed by atoms with E-state index < -0.39 is 0 Å². The smallest absolute Gasteiger partial charge is 0.123 e. The Hall–Kier alpha value is -1.17. The lowest BCUT2D eigenvalue weighted by molar-refractivity contribution is 0.322. The normalized spacial score (nSPS) is 10.3. The predicted molar refractivity (Wildman–Crippen MR) is 78.7 cm³/mol. The zero-order valence-electron chi connectivity index (χ0n) is 9.43. The van der Waals surface area contributed by atoms with Crippen LogP contribution in [-0.2, 0) is 6.42 Å². The fourth-order valence-corrected chi connectivity index (χ4v) is 2.41. The van der Waals surface area contributed by atoms with Crippen molar-refractivity contribution in [3.8, 4) is 5.75 Å². The molecule has 0 saturated heterocycles. The van der Waals surface area contributed by atoms with E-state index in [0.717, 1.165) is 17.2 Å². The molecule has 2 N–H and O–H groups in total. The van der Waals surface area contributed by atoms with Crippen LogP contribution in [0.4, 0.5) is 0 Å². The average molecular weight is 299 g/mol. The Morgan fingerprint density at radius 2 is 2.11 bits per heavy atom. The molecule has 2 aromatic rings. The SMILES string of the molecule is NC(=S)c1csc(CCOc2ccc(Cl)cc2)n1. The van der Waals surface area contributed by atoms with E-state index in [9.17, 15) is 0 Å². The van der Waals surface area contributed by atoms with Crippen molar-refractivity contribution in [1.29, 1.82) is 0 Å². The molecule has 2 rings (SSSR count). The molecule has 3 nitrogen and oxygen atoms in total. The third-order valence-electron chi connectivity index (χ3n) is 2.20. The molecule has 0 radical (unpaired) electrons. The van der Waals surface area contributed by atoms with E-state index in [1.807, 2.05) is 17.5 Å². The molecule has 0 aliphatic rings. The van der Waals surface area contributed by atoms with Crippen molar-refractivity contribution < 1.29 is 4.74 Å². The fraction of sp³-hybridized carbons (Fsp3) is 0.167. The Kier molecular flexibility index (Phi) is 4.52. The molecule has 0 spiro atoms. The number of rotatable bonds is 5. The quantitative estimate of drug-likeness (QED) is 0.862. The highest BCUT2D eigenvalue weighted by molar-refractivity contribution is 7.80. The van der Waals surface area contributed by atoms with Crippen molar-refractivity contribution in [2.45, 2.75) is 6.42 Å². The van der Waals surface area contributed by atoms with Crippen molar-refractivity contribution in [3.05, 3.63) is 45.4 Å². The summed E-state index contributed by atoms with van der Waals surface area (Å²) < 4.78 is 5.58. The number of nitrogens with zero attached hydrogens (tertiary/aromatic N) is 1. The topological polar surface area (TPSA) is 48.1 Å². The number of hydrogen-bond donors (Lipinski definition) is 1. The molecule has 1 aromatic carbocycles. The standard InChI is InChI=1S/C12H11ClN2OS2/c13-8-1-3-9(4-2-8)16-6-5-11-15-10(7-18-11)12(14)17/h1-4,7H,5-6H2,(H2,14,17). The summed E-state index contributed by atoms with van der Waals surface area (Å²) >= 11 is 12.2. The third-order valence-corrected chi connectivity index (χ3v) is 3.57. The second-order valence-electron chi connectivity index (χ2n) is 3.54. The number of aromatic nitrogens is 1. The van der Waals surface area contributed by atoms with Crippen LogP contribution in [0, 0.1) is 0 Å². The Labute approximate surface area is 120 Å². The summed E-state index contributed by atoms with van der Waals surface area (Å²) in [7, 11) is 0. The number of halogens is 1. The first-order valence-corrected chi connectivity index (χ1v) is 6.94. The van der Waals surface area contributed by atoms with Crippen molar-refractivity contribution in [2.24, 2.45) is 5.73 Å². The van der Waals surface area contributed by atoms with Gasteiger partial charge in [-0.1, -0.05) is 23.8 Å². The maximum Gasteiger partial charge on any atom is 0.123 e. The number of benzene rings is 1. The molecule has 0 aliphatic heterocycles. The van der Waals surface area contributed by atoms with Gasteiger partial charge in [-0.15, -0.1) is 11.3 Å². The first-order valence-electron chi connectivity index (χ1n) is 5.28. The number of ether oxygens (including phenoxy) is 1. The van der Waals surface area contributed by atoms with Gasteiger partial charge in [0.2, 0.25) is 0 Å². The maximum absolute atomic E-state index is 5.79. The van der Waals surface area contributed by atoms with Gasteiger partial charge in [0.1, 0.15) is 16.4 Å². The molecule has 1 heterocycles. The highest BCUT2D eigenvalue weighted by atomic mass is 35.5. The molecule has 18 heavy (non-hydrogen) atoms. The first-order chi connectivity index (χ1) is 8.65. The summed E-state index contributed by atoms with van der Waals surface area (Å²) in [4.78, 5) is 4.64. The Morgan fingerprint density at radius 3 is 2.72 bits per heavy atom. The minimum atomic E-state index is 0.330. The molecule has 0 fully saturated rings. The summed E-state index contributed by atoms with van der Waals surface area (Å²) in [5, 5.41) is 3.52. The van der Waals surface area contributed by atoms with Gasteiger partial charge in [0.15, 0.2) is 0 Å². The Bertz CT molecular complexity index is 539. The van der Waals surface area contributed by atoms with E-state index in [0.29, 0.717) is 22.3 Å². The summed E-state index contributed by atoms with van der Waals surface area (Å²) in [6.45, 7) is 0.561. The lowest BCUT2D eigenvalue weighted by Gasteiger charge is -2.04. The zero-order chi connectivity index (χ0) is 13.0. The molecule has 0 saturated carbocycles. The summed E-state index contributed by atoms with van der Waals surface area (Å²) in [6, 6.07) is 7.27. The van der Waals surface area contributed by atoms with Gasteiger partial charge >= 0.3 is 0 Å². The summed E-state index contributed by atoms with van der Waals surface area (Å²) in [5.41, 5.74) is 6.17. The molecule has 0 atom stereocenters. The maximum atomic E-state index is 5.79. The van der Waals surface area contributed by atoms with Crippen LogP contribution in [0.3, 0.4) is 0 Å². The zero-order valence-corrected chi connectivity index (χ0v) is 11.8. The van der Waals surface area contributed by atoms with Gasteiger partial charge in [-0.3, -0.25) is 0 Å². The van der Waals surface area contributed by atoms with Gasteiger partial charge in [0.05, 0.1) is 11.6 Å². The van der Waals surface area contributed by atoms with Crippen LogP contribution in [0.5, 0.6) is 5.75 Å². The molecular weight excluding hydrogens is 288 g/mol. The van der Waals surface area contributed by atoms with Gasteiger partial charge in [0, 0.05) is 16.8 Å². The molecule has 0 unspecified atom stereocenters. The van der Waals surface area contributed by atoms with Gasteiger partial charge in [-0.05, 0) is 24.3 Å². The van der Waals surface area contributed by atoms with Gasteiger partial charge < -0.3 is 10.5 Å². The van der Waals surface area contributed by atoms with E-state index in [4.69, 9.17) is 34.3 Å². The number of hydrogen-bond acceptors (Lipinski definition) is 4. The van der Waals surface area contributed by atoms with Crippen LogP contribution < -0.4 is 10.5 Å². The van der Waals surface area contributed by atoms with Crippen molar-refractivity contribution in [2.75, 3.05) is 6.61 Å². The largest absolute Gasteiger partial charge is 0.493 e. The van der Waals surface area contributed by atoms with Crippen molar-refractivity contribution >= 4 is 40.1 Å². The third kappa shape index (κ3) is 3.66. The second-order valence-corrected chi connectivity index (χ2v) is 5.36. The first kappa shape index (κ1) is 13.3. The monoisotopic (exact) mass is 298 g/mol. The molecule has 6 heteroatoms. The van der Waals surface area contributed by atoms with E-state index >= 15 is 0 Å². The molecular formula is C12H11ClN2OS2. The number of thiazole rings is 1. The van der Waals surface area contributed by atoms with Crippen LogP contribution in [-0.4, -0.2) is 16.6 Å². The lowest BCUT2D eigenvalue weighted by Crippen LogP contribution is -2.10. The Balaban J connectivity index is 1.84. The molecule has 0 bridgehead atoms. The van der Waals surface area contributed by atoms with Gasteiger partial charge in [-0.25, -0.2) is 4.98 Å². The van der Waals surface area contributed by atoms with Gasteiger partial charge in [0.25, 0.3) is 0 Å². The van der Waals surface area contributed by atoms with Crippen LogP contribution >= 0.6 is 35.2 Å². The van der Waals surface area contributed by atoms with Gasteiger partial charge in [-0.2, -0.15) is 0 Å². The number of nitrogens with two attached hydrogens (primary N) is 1. The molecule has 0 aliphatic carbocycles. The fourth-order valence-electron chi connectivity index (χ4n) is 1.33. The highest BCUT2D eigenvalue weighted by Gasteiger charge is 2.04. The molecule has 0 amide bonds. The Morgan fingerprint density at radius 1 is 1.39 bits per heavy atom. The number of thiocarbonyl (C=S) groups is 1. The molecule has 94 valence electrons. The minimum absolute atomic E-state index is 0.330. The van der Waals surface area contributed by atoms with Crippen LogP contribution in [0.1, 0.15) is 10.7 Å². The van der Waals surface area contributed by atoms with Crippen LogP contribution in [0.25, 0.3) is 0 Å². The highest BCUT2D eigenvalue weighted by Crippen LogP contribution is 2.16. The summed E-state index contributed by atoms with van der Waals surface area (Å²) in [6.07, 6.45) is 0.732. The van der Waals surface area contributed by atoms with E-state index in [1.54, 1.807) is 12.1 Å². The average Bonchev–Trinajstić information content (AvgIpc) is 2.81. The molecule has 1 aromatic heterocycles. The lowest BCUT2D eigenvalue weighted by atomic mass is 10.3. The predicted octanol–water partition coefficient (Wildman–Crippen LogP) is 3.05. The van der Waals surface area contributed by atoms with E-state index in [2.05, 4.69) is 4.98 Å².